The molecule has 2 heterocycles. The third-order valence-electron chi connectivity index (χ3n) is 2.18. The number of aliphatic imine (C=N–C) groups is 1. The third-order valence-corrected chi connectivity index (χ3v) is 2.18. The molecule has 3 N–H and O–H groups in total. The van der Waals surface area contributed by atoms with Crippen molar-refractivity contribution in [2.75, 3.05) is 6.54 Å². The van der Waals surface area contributed by atoms with E-state index in [4.69, 9.17) is 0 Å². The van der Waals surface area contributed by atoms with Gasteiger partial charge >= 0.3 is 0 Å². The predicted molar refractivity (Wildman–Crippen MR) is 55.1 cm³/mol. The molecule has 1 amide bonds. The van der Waals surface area contributed by atoms with Gasteiger partial charge in [-0.25, -0.2) is 4.98 Å². The van der Waals surface area contributed by atoms with Gasteiger partial charge in [-0.2, -0.15) is 0 Å². The fourth-order valence-corrected chi connectivity index (χ4v) is 1.38. The summed E-state index contributed by atoms with van der Waals surface area (Å²) < 4.78 is 0. The fourth-order valence-electron chi connectivity index (χ4n) is 1.38. The first kappa shape index (κ1) is 9.64. The van der Waals surface area contributed by atoms with Crippen LogP contribution in [-0.4, -0.2) is 18.3 Å². The lowest BCUT2D eigenvalue weighted by Gasteiger charge is -2.06. The van der Waals surface area contributed by atoms with Gasteiger partial charge in [-0.1, -0.05) is 0 Å². The van der Waals surface area contributed by atoms with Gasteiger partial charge in [0.2, 0.25) is 0 Å². The monoisotopic (exact) mass is 205 g/mol. The smallest absolute Gasteiger partial charge is 0.270 e. The second-order valence-electron chi connectivity index (χ2n) is 3.30. The molecule has 0 saturated carbocycles. The van der Waals surface area contributed by atoms with E-state index in [-0.39, 0.29) is 5.91 Å². The molecule has 0 saturated heterocycles. The van der Waals surface area contributed by atoms with E-state index in [2.05, 4.69) is 20.8 Å². The van der Waals surface area contributed by atoms with Crippen molar-refractivity contribution in [1.82, 2.24) is 10.9 Å². The van der Waals surface area contributed by atoms with Crippen molar-refractivity contribution in [3.05, 3.63) is 30.1 Å². The Morgan fingerprint density at radius 1 is 1.40 bits per heavy atom. The maximum atomic E-state index is 11.6. The van der Waals surface area contributed by atoms with Crippen molar-refractivity contribution in [3.63, 3.8) is 0 Å². The number of carbonyl (C=O) groups is 1. The normalized spacial score (nSPS) is 14.5. The number of nitrogens with zero attached hydrogens (tertiary/aromatic N) is 1. The average molecular weight is 205 g/mol. The van der Waals surface area contributed by atoms with Gasteiger partial charge in [0, 0.05) is 25.1 Å². The molecule has 1 aromatic rings. The lowest BCUT2D eigenvalue weighted by molar-refractivity contribution is -0.378. The van der Waals surface area contributed by atoms with Crippen LogP contribution < -0.4 is 15.8 Å². The summed E-state index contributed by atoms with van der Waals surface area (Å²) >= 11 is 0. The number of hydrazine groups is 1. The van der Waals surface area contributed by atoms with Gasteiger partial charge in [0.1, 0.15) is 5.84 Å². The van der Waals surface area contributed by atoms with E-state index in [1.807, 2.05) is 0 Å². The molecule has 1 aliphatic heterocycles. The van der Waals surface area contributed by atoms with Crippen LogP contribution in [0.25, 0.3) is 0 Å². The molecule has 0 spiro atoms. The lowest BCUT2D eigenvalue weighted by Crippen LogP contribution is -2.41. The predicted octanol–water partition coefficient (Wildman–Crippen LogP) is -0.0726. The zero-order valence-corrected chi connectivity index (χ0v) is 8.29. The zero-order chi connectivity index (χ0) is 10.5. The summed E-state index contributed by atoms with van der Waals surface area (Å²) in [7, 11) is 0. The number of amides is 1. The number of nitrogens with one attached hydrogen (secondary N) is 3. The number of pyridine rings is 1. The quantitative estimate of drug-likeness (QED) is 0.630. The summed E-state index contributed by atoms with van der Waals surface area (Å²) in [4.78, 5) is 18.6. The maximum absolute atomic E-state index is 11.6. The van der Waals surface area contributed by atoms with Crippen molar-refractivity contribution in [2.45, 2.75) is 12.8 Å². The SMILES string of the molecule is O=C(NNC1=NCCC1)c1cc[nH+]cc1. The van der Waals surface area contributed by atoms with Crippen LogP contribution in [0.5, 0.6) is 0 Å². The highest BCUT2D eigenvalue weighted by atomic mass is 16.2. The van der Waals surface area contributed by atoms with Gasteiger partial charge < -0.3 is 0 Å². The van der Waals surface area contributed by atoms with Crippen molar-refractivity contribution in [1.29, 1.82) is 0 Å². The van der Waals surface area contributed by atoms with Crippen LogP contribution >= 0.6 is 0 Å². The minimum atomic E-state index is -0.154. The largest absolute Gasteiger partial charge is 0.285 e. The molecule has 0 aliphatic carbocycles. The minimum Gasteiger partial charge on any atom is -0.285 e. The Bertz CT molecular complexity index is 374. The van der Waals surface area contributed by atoms with Gasteiger partial charge in [-0.15, -0.1) is 0 Å². The highest BCUT2D eigenvalue weighted by Crippen LogP contribution is 2.00. The zero-order valence-electron chi connectivity index (χ0n) is 8.29. The molecule has 78 valence electrons. The summed E-state index contributed by atoms with van der Waals surface area (Å²) in [6.07, 6.45) is 5.38. The van der Waals surface area contributed by atoms with Gasteiger partial charge in [-0.3, -0.25) is 20.6 Å². The summed E-state index contributed by atoms with van der Waals surface area (Å²) in [5, 5.41) is 0. The minimum absolute atomic E-state index is 0.154. The van der Waals surface area contributed by atoms with E-state index >= 15 is 0 Å². The second kappa shape index (κ2) is 4.54. The van der Waals surface area contributed by atoms with E-state index in [1.165, 1.54) is 0 Å². The lowest BCUT2D eigenvalue weighted by atomic mass is 10.2. The van der Waals surface area contributed by atoms with Crippen molar-refractivity contribution in [3.8, 4) is 0 Å². The van der Waals surface area contributed by atoms with Crippen molar-refractivity contribution < 1.29 is 9.78 Å². The Balaban J connectivity index is 1.87. The number of carbonyl (C=O) groups excluding carboxylic acids is 1. The Kier molecular flexibility index (Phi) is 2.92. The molecule has 0 bridgehead atoms. The number of hydrogen-bond donors (Lipinski definition) is 2. The van der Waals surface area contributed by atoms with Crippen LogP contribution in [0, 0.1) is 0 Å². The molecule has 0 atom stereocenters. The summed E-state index contributed by atoms with van der Waals surface area (Å²) in [5.74, 6) is 0.699. The molecule has 15 heavy (non-hydrogen) atoms. The third kappa shape index (κ3) is 2.52. The number of amidine groups is 1. The Hall–Kier alpha value is -1.91. The van der Waals surface area contributed by atoms with E-state index in [0.717, 1.165) is 25.2 Å². The highest BCUT2D eigenvalue weighted by molar-refractivity contribution is 5.95. The molecule has 0 unspecified atom stereocenters. The van der Waals surface area contributed by atoms with Crippen LogP contribution in [0.3, 0.4) is 0 Å². The molecular formula is C10H13N4O+. The molecule has 5 nitrogen and oxygen atoms in total. The fraction of sp³-hybridized carbons (Fsp3) is 0.300. The second-order valence-corrected chi connectivity index (χ2v) is 3.30. The first-order valence-corrected chi connectivity index (χ1v) is 4.92. The topological polar surface area (TPSA) is 67.6 Å². The number of H-pyrrole nitrogens is 1. The van der Waals surface area contributed by atoms with Gasteiger partial charge in [-0.05, 0) is 6.42 Å². The van der Waals surface area contributed by atoms with Crippen LogP contribution in [0.15, 0.2) is 29.5 Å². The number of aromatic amines is 1. The first-order valence-electron chi connectivity index (χ1n) is 4.92. The van der Waals surface area contributed by atoms with Crippen molar-refractivity contribution in [2.24, 2.45) is 4.99 Å². The molecule has 0 radical (unpaired) electrons. The van der Waals surface area contributed by atoms with E-state index < -0.39 is 0 Å². The number of rotatable bonds is 1. The average Bonchev–Trinajstić information content (AvgIpc) is 2.80. The molecule has 2 rings (SSSR count). The molecular weight excluding hydrogens is 192 g/mol. The summed E-state index contributed by atoms with van der Waals surface area (Å²) in [6.45, 7) is 0.846. The molecule has 0 fully saturated rings. The van der Waals surface area contributed by atoms with Crippen LogP contribution in [0.4, 0.5) is 0 Å². The van der Waals surface area contributed by atoms with Gasteiger partial charge in [0.25, 0.3) is 5.91 Å². The van der Waals surface area contributed by atoms with Gasteiger partial charge in [0.05, 0.1) is 5.56 Å². The van der Waals surface area contributed by atoms with E-state index in [1.54, 1.807) is 24.5 Å². The Morgan fingerprint density at radius 3 is 2.87 bits per heavy atom. The van der Waals surface area contributed by atoms with Gasteiger partial charge in [0.15, 0.2) is 12.4 Å². The molecule has 1 aliphatic rings. The summed E-state index contributed by atoms with van der Waals surface area (Å²) in [5.41, 5.74) is 6.04. The van der Waals surface area contributed by atoms with E-state index in [0.29, 0.717) is 5.56 Å². The molecule has 1 aromatic heterocycles. The molecule has 5 heteroatoms. The van der Waals surface area contributed by atoms with Crippen LogP contribution in [0.2, 0.25) is 0 Å². The first-order chi connectivity index (χ1) is 7.36. The standard InChI is InChI=1S/C10H12N4O/c15-10(8-3-6-11-7-4-8)14-13-9-2-1-5-12-9/h3-4,6-7H,1-2,5H2,(H,12,13)(H,14,15)/p+1. The Labute approximate surface area is 87.6 Å². The summed E-state index contributed by atoms with van der Waals surface area (Å²) in [6, 6.07) is 3.43. The highest BCUT2D eigenvalue weighted by Gasteiger charge is 2.08. The maximum Gasteiger partial charge on any atom is 0.270 e. The van der Waals surface area contributed by atoms with Crippen molar-refractivity contribution >= 4 is 11.7 Å². The van der Waals surface area contributed by atoms with Crippen LogP contribution in [-0.2, 0) is 0 Å². The van der Waals surface area contributed by atoms with E-state index in [9.17, 15) is 4.79 Å². The number of hydrogen-bond acceptors (Lipinski definition) is 3. The van der Waals surface area contributed by atoms with Crippen LogP contribution in [0.1, 0.15) is 23.2 Å². The number of aromatic nitrogens is 1. The Morgan fingerprint density at radius 2 is 2.20 bits per heavy atom. The molecule has 0 aromatic carbocycles.